The Labute approximate surface area is 62.7 Å². The van der Waals surface area contributed by atoms with Crippen molar-refractivity contribution < 1.29 is 17.9 Å². The summed E-state index contributed by atoms with van der Waals surface area (Å²) >= 11 is 0. The minimum Gasteiger partial charge on any atom is -0.312 e. The second kappa shape index (κ2) is 2.98. The average Bonchev–Trinajstić information content (AvgIpc) is 2.12. The summed E-state index contributed by atoms with van der Waals surface area (Å²) in [5, 5.41) is 2.87. The molecule has 0 amide bonds. The molecule has 0 spiro atoms. The first-order valence-corrected chi connectivity index (χ1v) is 3.47. The van der Waals surface area contributed by atoms with Gasteiger partial charge in [-0.3, -0.25) is 4.74 Å². The van der Waals surface area contributed by atoms with Crippen molar-refractivity contribution in [1.82, 2.24) is 5.32 Å². The molecule has 1 saturated heterocycles. The Balaban J connectivity index is 2.37. The molecule has 1 fully saturated rings. The molecule has 1 aliphatic heterocycles. The first-order chi connectivity index (χ1) is 4.99. The first kappa shape index (κ1) is 8.80. The van der Waals surface area contributed by atoms with E-state index in [0.717, 1.165) is 0 Å². The monoisotopic (exact) mass is 169 g/mol. The summed E-state index contributed by atoms with van der Waals surface area (Å²) in [4.78, 5) is 0. The number of alkyl halides is 3. The highest BCUT2D eigenvalue weighted by atomic mass is 19.4. The maximum Gasteiger partial charge on any atom is 0.522 e. The lowest BCUT2D eigenvalue weighted by Crippen LogP contribution is -2.33. The molecular formula is C6H10F3NO. The van der Waals surface area contributed by atoms with Gasteiger partial charge in [0.25, 0.3) is 0 Å². The molecule has 2 atom stereocenters. The van der Waals surface area contributed by atoms with Crippen molar-refractivity contribution in [3.05, 3.63) is 0 Å². The van der Waals surface area contributed by atoms with Crippen LogP contribution in [0.25, 0.3) is 0 Å². The fourth-order valence-electron chi connectivity index (χ4n) is 1.17. The maximum atomic E-state index is 11.6. The van der Waals surface area contributed by atoms with E-state index in [0.29, 0.717) is 13.0 Å². The zero-order valence-electron chi connectivity index (χ0n) is 6.11. The second-order valence-corrected chi connectivity index (χ2v) is 2.63. The summed E-state index contributed by atoms with van der Waals surface area (Å²) in [6, 6.07) is -0.198. The van der Waals surface area contributed by atoms with Crippen molar-refractivity contribution in [1.29, 1.82) is 0 Å². The highest BCUT2D eigenvalue weighted by Crippen LogP contribution is 2.23. The lowest BCUT2D eigenvalue weighted by atomic mass is 10.2. The van der Waals surface area contributed by atoms with E-state index in [2.05, 4.69) is 10.1 Å². The molecule has 0 unspecified atom stereocenters. The van der Waals surface area contributed by atoms with Crippen LogP contribution in [-0.2, 0) is 4.74 Å². The normalized spacial score (nSPS) is 32.7. The van der Waals surface area contributed by atoms with Gasteiger partial charge in [0, 0.05) is 6.04 Å². The fourth-order valence-corrected chi connectivity index (χ4v) is 1.17. The van der Waals surface area contributed by atoms with Crippen LogP contribution in [-0.4, -0.2) is 25.1 Å². The summed E-state index contributed by atoms with van der Waals surface area (Å²) in [6.07, 6.45) is -4.78. The van der Waals surface area contributed by atoms with Gasteiger partial charge in [0.15, 0.2) is 0 Å². The van der Waals surface area contributed by atoms with Crippen LogP contribution >= 0.6 is 0 Å². The number of ether oxygens (including phenoxy) is 1. The van der Waals surface area contributed by atoms with Crippen LogP contribution < -0.4 is 5.32 Å². The van der Waals surface area contributed by atoms with Gasteiger partial charge in [-0.15, -0.1) is 13.2 Å². The summed E-state index contributed by atoms with van der Waals surface area (Å²) < 4.78 is 38.7. The molecule has 0 saturated carbocycles. The Hall–Kier alpha value is -0.290. The van der Waals surface area contributed by atoms with Gasteiger partial charge in [-0.2, -0.15) is 0 Å². The molecule has 0 aromatic carbocycles. The predicted octanol–water partition coefficient (Wildman–Crippen LogP) is 1.27. The fraction of sp³-hybridized carbons (Fsp3) is 1.00. The number of hydrogen-bond acceptors (Lipinski definition) is 2. The minimum absolute atomic E-state index is 0.198. The van der Waals surface area contributed by atoms with Gasteiger partial charge in [-0.25, -0.2) is 0 Å². The molecule has 66 valence electrons. The lowest BCUT2D eigenvalue weighted by Gasteiger charge is -2.17. The number of hydrogen-bond donors (Lipinski definition) is 1. The standard InChI is InChI=1S/C6H10F3NO/c1-4-5(2-3-10-4)11-6(7,8)9/h4-5,10H,2-3H2,1H3/t4-,5+/m0/s1. The first-order valence-electron chi connectivity index (χ1n) is 3.47. The van der Waals surface area contributed by atoms with Crippen LogP contribution in [0.4, 0.5) is 13.2 Å². The van der Waals surface area contributed by atoms with Crippen molar-refractivity contribution in [2.75, 3.05) is 6.54 Å². The molecule has 1 rings (SSSR count). The molecule has 0 bridgehead atoms. The Kier molecular flexibility index (Phi) is 2.39. The Morgan fingerprint density at radius 1 is 1.45 bits per heavy atom. The van der Waals surface area contributed by atoms with E-state index in [4.69, 9.17) is 0 Å². The minimum atomic E-state index is -4.50. The van der Waals surface area contributed by atoms with E-state index in [-0.39, 0.29) is 6.04 Å². The third kappa shape index (κ3) is 2.67. The third-order valence-corrected chi connectivity index (χ3v) is 1.74. The van der Waals surface area contributed by atoms with Crippen LogP contribution in [0.1, 0.15) is 13.3 Å². The lowest BCUT2D eigenvalue weighted by molar-refractivity contribution is -0.342. The van der Waals surface area contributed by atoms with Gasteiger partial charge >= 0.3 is 6.36 Å². The van der Waals surface area contributed by atoms with Gasteiger partial charge in [0.05, 0.1) is 6.10 Å². The molecule has 0 radical (unpaired) electrons. The van der Waals surface area contributed by atoms with E-state index in [1.165, 1.54) is 0 Å². The zero-order valence-corrected chi connectivity index (χ0v) is 6.11. The molecule has 5 heteroatoms. The molecule has 11 heavy (non-hydrogen) atoms. The molecular weight excluding hydrogens is 159 g/mol. The molecule has 0 aromatic heterocycles. The number of nitrogens with one attached hydrogen (secondary N) is 1. The molecule has 1 N–H and O–H groups in total. The topological polar surface area (TPSA) is 21.3 Å². The van der Waals surface area contributed by atoms with Crippen LogP contribution in [0, 0.1) is 0 Å². The molecule has 1 heterocycles. The highest BCUT2D eigenvalue weighted by Gasteiger charge is 2.37. The van der Waals surface area contributed by atoms with E-state index in [9.17, 15) is 13.2 Å². The van der Waals surface area contributed by atoms with E-state index in [1.54, 1.807) is 6.92 Å². The van der Waals surface area contributed by atoms with Crippen molar-refractivity contribution in [2.45, 2.75) is 31.9 Å². The van der Waals surface area contributed by atoms with Gasteiger partial charge in [-0.05, 0) is 19.9 Å². The van der Waals surface area contributed by atoms with Crippen molar-refractivity contribution in [3.63, 3.8) is 0 Å². The van der Waals surface area contributed by atoms with Crippen LogP contribution in [0.3, 0.4) is 0 Å². The number of halogens is 3. The highest BCUT2D eigenvalue weighted by molar-refractivity contribution is 4.80. The molecule has 2 nitrogen and oxygen atoms in total. The Bertz CT molecular complexity index is 136. The third-order valence-electron chi connectivity index (χ3n) is 1.74. The van der Waals surface area contributed by atoms with Crippen molar-refractivity contribution in [3.8, 4) is 0 Å². The van der Waals surface area contributed by atoms with E-state index < -0.39 is 12.5 Å². The summed E-state index contributed by atoms with van der Waals surface area (Å²) in [5.74, 6) is 0. The average molecular weight is 169 g/mol. The van der Waals surface area contributed by atoms with Crippen molar-refractivity contribution >= 4 is 0 Å². The van der Waals surface area contributed by atoms with Gasteiger partial charge in [-0.1, -0.05) is 0 Å². The smallest absolute Gasteiger partial charge is 0.312 e. The number of rotatable bonds is 1. The van der Waals surface area contributed by atoms with Crippen LogP contribution in [0.15, 0.2) is 0 Å². The Morgan fingerprint density at radius 3 is 2.45 bits per heavy atom. The van der Waals surface area contributed by atoms with Crippen LogP contribution in [0.5, 0.6) is 0 Å². The molecule has 1 aliphatic rings. The van der Waals surface area contributed by atoms with Gasteiger partial charge in [0.2, 0.25) is 0 Å². The maximum absolute atomic E-state index is 11.6. The summed E-state index contributed by atoms with van der Waals surface area (Å²) in [7, 11) is 0. The largest absolute Gasteiger partial charge is 0.522 e. The van der Waals surface area contributed by atoms with Gasteiger partial charge < -0.3 is 5.32 Å². The van der Waals surface area contributed by atoms with Gasteiger partial charge in [0.1, 0.15) is 0 Å². The zero-order chi connectivity index (χ0) is 8.48. The summed E-state index contributed by atoms with van der Waals surface area (Å²) in [5.41, 5.74) is 0. The van der Waals surface area contributed by atoms with Crippen molar-refractivity contribution in [2.24, 2.45) is 0 Å². The van der Waals surface area contributed by atoms with Crippen LogP contribution in [0.2, 0.25) is 0 Å². The quantitative estimate of drug-likeness (QED) is 0.638. The second-order valence-electron chi connectivity index (χ2n) is 2.63. The Morgan fingerprint density at radius 2 is 2.09 bits per heavy atom. The summed E-state index contributed by atoms with van der Waals surface area (Å²) in [6.45, 7) is 2.28. The predicted molar refractivity (Wildman–Crippen MR) is 33.0 cm³/mol. The van der Waals surface area contributed by atoms with E-state index >= 15 is 0 Å². The SMILES string of the molecule is C[C@@H]1NCC[C@H]1OC(F)(F)F. The van der Waals surface area contributed by atoms with E-state index in [1.807, 2.05) is 0 Å². The molecule has 0 aliphatic carbocycles. The molecule has 0 aromatic rings.